The van der Waals surface area contributed by atoms with Gasteiger partial charge >= 0.3 is 0 Å². The molecule has 2 N–H and O–H groups in total. The van der Waals surface area contributed by atoms with Crippen LogP contribution in [0.5, 0.6) is 11.5 Å². The number of nitrogens with two attached hydrogens (primary N) is 1. The number of aromatic nitrogens is 3. The Bertz CT molecular complexity index is 699. The van der Waals surface area contributed by atoms with E-state index < -0.39 is 0 Å². The van der Waals surface area contributed by atoms with E-state index in [2.05, 4.69) is 15.2 Å². The number of hydrogen-bond donors (Lipinski definition) is 1. The number of ether oxygens (including phenoxy) is 1. The van der Waals surface area contributed by atoms with E-state index in [9.17, 15) is 0 Å². The number of para-hydroxylation sites is 1. The largest absolute Gasteiger partial charge is 0.457 e. The predicted octanol–water partition coefficient (Wildman–Crippen LogP) is 2.91. The average molecular weight is 264 g/mol. The number of hydrogen-bond acceptors (Lipinski definition) is 5. The van der Waals surface area contributed by atoms with Crippen LogP contribution in [0.25, 0.3) is 11.3 Å². The quantitative estimate of drug-likeness (QED) is 0.787. The second kappa shape index (κ2) is 5.36. The van der Waals surface area contributed by atoms with E-state index in [0.29, 0.717) is 11.5 Å². The van der Waals surface area contributed by atoms with Crippen molar-refractivity contribution in [3.63, 3.8) is 0 Å². The van der Waals surface area contributed by atoms with Crippen LogP contribution in [0.3, 0.4) is 0 Å². The molecule has 5 nitrogen and oxygen atoms in total. The lowest BCUT2D eigenvalue weighted by Gasteiger charge is -2.06. The summed E-state index contributed by atoms with van der Waals surface area (Å²) in [6.07, 6.45) is 1.33. The molecule has 0 fully saturated rings. The fourth-order valence-electron chi connectivity index (χ4n) is 1.80. The Labute approximate surface area is 116 Å². The van der Waals surface area contributed by atoms with Gasteiger partial charge in [0.25, 0.3) is 0 Å². The van der Waals surface area contributed by atoms with Crippen LogP contribution in [0.2, 0.25) is 0 Å². The first-order valence-electron chi connectivity index (χ1n) is 6.09. The van der Waals surface area contributed by atoms with Gasteiger partial charge in [-0.1, -0.05) is 18.2 Å². The molecule has 3 rings (SSSR count). The van der Waals surface area contributed by atoms with E-state index in [1.807, 2.05) is 54.6 Å². The lowest BCUT2D eigenvalue weighted by atomic mass is 10.1. The molecule has 0 radical (unpaired) electrons. The number of anilines is 1. The molecule has 2 aromatic carbocycles. The summed E-state index contributed by atoms with van der Waals surface area (Å²) in [4.78, 5) is 3.92. The molecule has 3 aromatic rings. The Balaban J connectivity index is 1.83. The molecule has 20 heavy (non-hydrogen) atoms. The lowest BCUT2D eigenvalue weighted by Crippen LogP contribution is -1.98. The molecule has 0 saturated heterocycles. The lowest BCUT2D eigenvalue weighted by molar-refractivity contribution is 0.483. The molecule has 0 aliphatic carbocycles. The van der Waals surface area contributed by atoms with Crippen LogP contribution in [0.4, 0.5) is 5.82 Å². The van der Waals surface area contributed by atoms with Gasteiger partial charge < -0.3 is 10.5 Å². The van der Waals surface area contributed by atoms with Gasteiger partial charge in [0.15, 0.2) is 5.82 Å². The Morgan fingerprint density at radius 1 is 0.850 bits per heavy atom. The van der Waals surface area contributed by atoms with Crippen LogP contribution >= 0.6 is 0 Å². The van der Waals surface area contributed by atoms with Crippen molar-refractivity contribution in [3.8, 4) is 22.8 Å². The van der Waals surface area contributed by atoms with Crippen LogP contribution in [-0.4, -0.2) is 15.2 Å². The van der Waals surface area contributed by atoms with Crippen LogP contribution in [0.15, 0.2) is 60.9 Å². The minimum absolute atomic E-state index is 0.358. The van der Waals surface area contributed by atoms with Gasteiger partial charge in [-0.05, 0) is 36.4 Å². The van der Waals surface area contributed by atoms with Gasteiger partial charge in [-0.3, -0.25) is 0 Å². The summed E-state index contributed by atoms with van der Waals surface area (Å²) in [5, 5.41) is 7.72. The fraction of sp³-hybridized carbons (Fsp3) is 0. The summed E-state index contributed by atoms with van der Waals surface area (Å²) < 4.78 is 5.72. The summed E-state index contributed by atoms with van der Waals surface area (Å²) in [7, 11) is 0. The van der Waals surface area contributed by atoms with Crippen LogP contribution in [0.1, 0.15) is 0 Å². The van der Waals surface area contributed by atoms with E-state index >= 15 is 0 Å². The SMILES string of the molecule is Nc1ncnnc1-c1ccc(Oc2ccccc2)cc1. The molecule has 1 heterocycles. The Kier molecular flexibility index (Phi) is 3.24. The molecular formula is C15H12N4O. The zero-order valence-corrected chi connectivity index (χ0v) is 10.6. The third-order valence-corrected chi connectivity index (χ3v) is 2.76. The molecule has 0 aliphatic heterocycles. The molecule has 0 amide bonds. The zero-order valence-electron chi connectivity index (χ0n) is 10.6. The highest BCUT2D eigenvalue weighted by molar-refractivity contribution is 5.69. The minimum Gasteiger partial charge on any atom is -0.457 e. The monoisotopic (exact) mass is 264 g/mol. The summed E-state index contributed by atoms with van der Waals surface area (Å²) in [5.41, 5.74) is 7.19. The summed E-state index contributed by atoms with van der Waals surface area (Å²) in [6, 6.07) is 17.1. The third-order valence-electron chi connectivity index (χ3n) is 2.76. The van der Waals surface area contributed by atoms with E-state index in [4.69, 9.17) is 10.5 Å². The van der Waals surface area contributed by atoms with Crippen molar-refractivity contribution in [1.29, 1.82) is 0 Å². The molecule has 5 heteroatoms. The molecule has 0 spiro atoms. The van der Waals surface area contributed by atoms with Crippen LogP contribution in [-0.2, 0) is 0 Å². The highest BCUT2D eigenvalue weighted by Gasteiger charge is 2.06. The van der Waals surface area contributed by atoms with Gasteiger partial charge in [0, 0.05) is 5.56 Å². The highest BCUT2D eigenvalue weighted by atomic mass is 16.5. The first-order chi connectivity index (χ1) is 9.83. The second-order valence-electron chi connectivity index (χ2n) is 4.13. The Morgan fingerprint density at radius 3 is 2.25 bits per heavy atom. The smallest absolute Gasteiger partial charge is 0.153 e. The van der Waals surface area contributed by atoms with Crippen molar-refractivity contribution in [1.82, 2.24) is 15.2 Å². The van der Waals surface area contributed by atoms with Crippen molar-refractivity contribution in [3.05, 3.63) is 60.9 Å². The maximum absolute atomic E-state index is 5.77. The first kappa shape index (κ1) is 12.1. The molecule has 0 aliphatic rings. The van der Waals surface area contributed by atoms with E-state index in [1.54, 1.807) is 0 Å². The van der Waals surface area contributed by atoms with Crippen molar-refractivity contribution >= 4 is 5.82 Å². The molecule has 0 bridgehead atoms. The van der Waals surface area contributed by atoms with Gasteiger partial charge in [0.05, 0.1) is 0 Å². The topological polar surface area (TPSA) is 73.9 Å². The minimum atomic E-state index is 0.358. The standard InChI is InChI=1S/C15H12N4O/c16-15-14(19-18-10-17-15)11-6-8-13(9-7-11)20-12-4-2-1-3-5-12/h1-10H,(H2,16,17,18). The molecule has 98 valence electrons. The fourth-order valence-corrected chi connectivity index (χ4v) is 1.80. The highest BCUT2D eigenvalue weighted by Crippen LogP contribution is 2.26. The van der Waals surface area contributed by atoms with E-state index in [-0.39, 0.29) is 0 Å². The van der Waals surface area contributed by atoms with Crippen LogP contribution in [0, 0.1) is 0 Å². The van der Waals surface area contributed by atoms with Crippen molar-refractivity contribution in [2.45, 2.75) is 0 Å². The van der Waals surface area contributed by atoms with Gasteiger partial charge in [-0.2, -0.15) is 0 Å². The number of nitrogen functional groups attached to an aromatic ring is 1. The van der Waals surface area contributed by atoms with Gasteiger partial charge in [-0.15, -0.1) is 10.2 Å². The Hall–Kier alpha value is -2.95. The number of rotatable bonds is 3. The second-order valence-corrected chi connectivity index (χ2v) is 4.13. The average Bonchev–Trinajstić information content (AvgIpc) is 2.50. The van der Waals surface area contributed by atoms with Gasteiger partial charge in [0.1, 0.15) is 23.5 Å². The maximum atomic E-state index is 5.77. The Morgan fingerprint density at radius 2 is 1.55 bits per heavy atom. The van der Waals surface area contributed by atoms with Gasteiger partial charge in [-0.25, -0.2) is 4.98 Å². The van der Waals surface area contributed by atoms with E-state index in [0.717, 1.165) is 17.1 Å². The van der Waals surface area contributed by atoms with Gasteiger partial charge in [0.2, 0.25) is 0 Å². The maximum Gasteiger partial charge on any atom is 0.153 e. The molecular weight excluding hydrogens is 252 g/mol. The summed E-state index contributed by atoms with van der Waals surface area (Å²) >= 11 is 0. The number of nitrogens with zero attached hydrogens (tertiary/aromatic N) is 3. The molecule has 0 unspecified atom stereocenters. The molecule has 0 atom stereocenters. The van der Waals surface area contributed by atoms with Crippen molar-refractivity contribution in [2.75, 3.05) is 5.73 Å². The van der Waals surface area contributed by atoms with Crippen LogP contribution < -0.4 is 10.5 Å². The third kappa shape index (κ3) is 2.56. The van der Waals surface area contributed by atoms with E-state index in [1.165, 1.54) is 6.33 Å². The molecule has 0 saturated carbocycles. The zero-order chi connectivity index (χ0) is 13.8. The summed E-state index contributed by atoms with van der Waals surface area (Å²) in [5.74, 6) is 1.90. The first-order valence-corrected chi connectivity index (χ1v) is 6.09. The number of benzene rings is 2. The van der Waals surface area contributed by atoms with Crippen molar-refractivity contribution < 1.29 is 4.74 Å². The van der Waals surface area contributed by atoms with Crippen molar-refractivity contribution in [2.24, 2.45) is 0 Å². The molecule has 1 aromatic heterocycles. The summed E-state index contributed by atoms with van der Waals surface area (Å²) in [6.45, 7) is 0. The normalized spacial score (nSPS) is 10.2. The predicted molar refractivity (Wildman–Crippen MR) is 76.2 cm³/mol.